The number of hydrogen-bond donors (Lipinski definition) is 2. The molecule has 0 bridgehead atoms. The Morgan fingerprint density at radius 1 is 1.56 bits per heavy atom. The summed E-state index contributed by atoms with van der Waals surface area (Å²) >= 11 is 0. The number of aromatic nitrogens is 2. The van der Waals surface area contributed by atoms with Crippen molar-refractivity contribution in [1.29, 1.82) is 0 Å². The maximum atomic E-state index is 4.17. The minimum Gasteiger partial charge on any atom is -0.369 e. The molecule has 2 N–H and O–H groups in total. The van der Waals surface area contributed by atoms with Gasteiger partial charge in [0.05, 0.1) is 6.20 Å². The number of nitrogens with zero attached hydrogens (tertiary/aromatic N) is 3. The van der Waals surface area contributed by atoms with Crippen molar-refractivity contribution in [1.82, 2.24) is 20.2 Å². The van der Waals surface area contributed by atoms with Crippen LogP contribution in [0.15, 0.2) is 18.6 Å². The molecule has 0 aliphatic carbocycles. The van der Waals surface area contributed by atoms with E-state index < -0.39 is 0 Å². The van der Waals surface area contributed by atoms with E-state index in [9.17, 15) is 0 Å². The molecule has 5 heteroatoms. The van der Waals surface area contributed by atoms with E-state index in [2.05, 4.69) is 32.5 Å². The van der Waals surface area contributed by atoms with Gasteiger partial charge in [0.15, 0.2) is 0 Å². The molecule has 0 radical (unpaired) electrons. The molecule has 5 nitrogen and oxygen atoms in total. The second-order valence-electron chi connectivity index (χ2n) is 4.22. The molecule has 1 fully saturated rings. The summed E-state index contributed by atoms with van der Waals surface area (Å²) in [5.74, 6) is 0.853. The van der Waals surface area contributed by atoms with Crippen LogP contribution in [-0.2, 0) is 0 Å². The molecule has 0 saturated carbocycles. The van der Waals surface area contributed by atoms with Gasteiger partial charge < -0.3 is 15.5 Å². The molecular formula is C11H19N5. The Morgan fingerprint density at radius 2 is 2.50 bits per heavy atom. The van der Waals surface area contributed by atoms with Crippen molar-refractivity contribution in [2.24, 2.45) is 0 Å². The highest BCUT2D eigenvalue weighted by Crippen LogP contribution is 2.02. The van der Waals surface area contributed by atoms with E-state index in [0.29, 0.717) is 6.04 Å². The number of piperazine rings is 1. The SMILES string of the molecule is CN1CCNC(CCNc2cnccn2)C1. The second kappa shape index (κ2) is 5.77. The summed E-state index contributed by atoms with van der Waals surface area (Å²) in [5.41, 5.74) is 0. The van der Waals surface area contributed by atoms with Crippen molar-refractivity contribution in [2.75, 3.05) is 38.5 Å². The van der Waals surface area contributed by atoms with Crippen LogP contribution in [0.4, 0.5) is 5.82 Å². The molecule has 16 heavy (non-hydrogen) atoms. The lowest BCUT2D eigenvalue weighted by atomic mass is 10.1. The first-order chi connectivity index (χ1) is 7.84. The molecule has 1 aliphatic rings. The number of nitrogens with one attached hydrogen (secondary N) is 2. The highest BCUT2D eigenvalue weighted by Gasteiger charge is 2.15. The lowest BCUT2D eigenvalue weighted by Crippen LogP contribution is -2.49. The summed E-state index contributed by atoms with van der Waals surface area (Å²) in [5, 5.41) is 6.79. The van der Waals surface area contributed by atoms with Gasteiger partial charge in [-0.2, -0.15) is 0 Å². The van der Waals surface area contributed by atoms with Crippen molar-refractivity contribution in [3.63, 3.8) is 0 Å². The zero-order valence-electron chi connectivity index (χ0n) is 9.69. The van der Waals surface area contributed by atoms with Gasteiger partial charge in [0, 0.05) is 44.6 Å². The summed E-state index contributed by atoms with van der Waals surface area (Å²) in [4.78, 5) is 10.5. The first-order valence-corrected chi connectivity index (χ1v) is 5.76. The van der Waals surface area contributed by atoms with Gasteiger partial charge in [-0.25, -0.2) is 4.98 Å². The van der Waals surface area contributed by atoms with Crippen LogP contribution in [0.3, 0.4) is 0 Å². The molecule has 0 spiro atoms. The van der Waals surface area contributed by atoms with Crippen LogP contribution >= 0.6 is 0 Å². The predicted molar refractivity (Wildman–Crippen MR) is 64.4 cm³/mol. The van der Waals surface area contributed by atoms with Crippen molar-refractivity contribution in [3.8, 4) is 0 Å². The van der Waals surface area contributed by atoms with Crippen molar-refractivity contribution in [3.05, 3.63) is 18.6 Å². The fourth-order valence-corrected chi connectivity index (χ4v) is 1.95. The van der Waals surface area contributed by atoms with Crippen molar-refractivity contribution < 1.29 is 0 Å². The third kappa shape index (κ3) is 3.43. The Bertz CT molecular complexity index is 303. The van der Waals surface area contributed by atoms with Crippen molar-refractivity contribution >= 4 is 5.82 Å². The van der Waals surface area contributed by atoms with Crippen LogP contribution in [0.5, 0.6) is 0 Å². The van der Waals surface area contributed by atoms with Crippen LogP contribution in [0.1, 0.15) is 6.42 Å². The Morgan fingerprint density at radius 3 is 3.25 bits per heavy atom. The average Bonchev–Trinajstić information content (AvgIpc) is 2.30. The van der Waals surface area contributed by atoms with Gasteiger partial charge in [-0.1, -0.05) is 0 Å². The van der Waals surface area contributed by atoms with Crippen LogP contribution in [0, 0.1) is 0 Å². The van der Waals surface area contributed by atoms with Gasteiger partial charge in [-0.05, 0) is 13.5 Å². The number of rotatable bonds is 4. The molecule has 88 valence electrons. The van der Waals surface area contributed by atoms with Gasteiger partial charge >= 0.3 is 0 Å². The third-order valence-corrected chi connectivity index (χ3v) is 2.82. The molecule has 1 atom stereocenters. The fraction of sp³-hybridized carbons (Fsp3) is 0.636. The minimum absolute atomic E-state index is 0.586. The monoisotopic (exact) mass is 221 g/mol. The smallest absolute Gasteiger partial charge is 0.144 e. The van der Waals surface area contributed by atoms with Gasteiger partial charge in [0.2, 0.25) is 0 Å². The third-order valence-electron chi connectivity index (χ3n) is 2.82. The number of likely N-dealkylation sites (N-methyl/N-ethyl adjacent to an activating group) is 1. The molecule has 2 heterocycles. The van der Waals surface area contributed by atoms with E-state index in [-0.39, 0.29) is 0 Å². The van der Waals surface area contributed by atoms with Crippen LogP contribution in [0.25, 0.3) is 0 Å². The Kier molecular flexibility index (Phi) is 4.07. The first kappa shape index (κ1) is 11.3. The average molecular weight is 221 g/mol. The fourth-order valence-electron chi connectivity index (χ4n) is 1.95. The molecule has 2 rings (SSSR count). The maximum absolute atomic E-state index is 4.17. The largest absolute Gasteiger partial charge is 0.369 e. The Labute approximate surface area is 96.3 Å². The Balaban J connectivity index is 1.68. The molecule has 1 unspecified atom stereocenters. The van der Waals surface area contributed by atoms with E-state index >= 15 is 0 Å². The van der Waals surface area contributed by atoms with Crippen LogP contribution in [-0.4, -0.2) is 54.1 Å². The van der Waals surface area contributed by atoms with Crippen molar-refractivity contribution in [2.45, 2.75) is 12.5 Å². The lowest BCUT2D eigenvalue weighted by Gasteiger charge is -2.30. The van der Waals surface area contributed by atoms with Gasteiger partial charge in [-0.3, -0.25) is 4.98 Å². The summed E-state index contributed by atoms with van der Waals surface area (Å²) < 4.78 is 0. The normalized spacial score (nSPS) is 21.9. The molecular weight excluding hydrogens is 202 g/mol. The van der Waals surface area contributed by atoms with Crippen LogP contribution < -0.4 is 10.6 Å². The predicted octanol–water partition coefficient (Wildman–Crippen LogP) is 0.182. The molecule has 1 aromatic heterocycles. The number of anilines is 1. The summed E-state index contributed by atoms with van der Waals surface area (Å²) in [6, 6.07) is 0.586. The molecule has 0 aromatic carbocycles. The topological polar surface area (TPSA) is 53.1 Å². The van der Waals surface area contributed by atoms with E-state index in [1.165, 1.54) is 0 Å². The molecule has 1 aliphatic heterocycles. The molecule has 1 aromatic rings. The summed E-state index contributed by atoms with van der Waals surface area (Å²) in [6.07, 6.45) is 6.25. The minimum atomic E-state index is 0.586. The quantitative estimate of drug-likeness (QED) is 0.760. The van der Waals surface area contributed by atoms with Gasteiger partial charge in [0.25, 0.3) is 0 Å². The first-order valence-electron chi connectivity index (χ1n) is 5.76. The number of hydrogen-bond acceptors (Lipinski definition) is 5. The highest BCUT2D eigenvalue weighted by atomic mass is 15.2. The van der Waals surface area contributed by atoms with Gasteiger partial charge in [0.1, 0.15) is 5.82 Å². The van der Waals surface area contributed by atoms with E-state index in [1.807, 2.05) is 0 Å². The summed E-state index contributed by atoms with van der Waals surface area (Å²) in [6.45, 7) is 4.30. The highest BCUT2D eigenvalue weighted by molar-refractivity contribution is 5.29. The van der Waals surface area contributed by atoms with E-state index in [0.717, 1.165) is 38.4 Å². The lowest BCUT2D eigenvalue weighted by molar-refractivity contribution is 0.234. The van der Waals surface area contributed by atoms with E-state index in [4.69, 9.17) is 0 Å². The zero-order chi connectivity index (χ0) is 11.2. The van der Waals surface area contributed by atoms with E-state index in [1.54, 1.807) is 18.6 Å². The second-order valence-corrected chi connectivity index (χ2v) is 4.22. The Hall–Kier alpha value is -1.20. The standard InChI is InChI=1S/C11H19N5/c1-16-7-6-13-10(9-16)2-3-14-11-8-12-4-5-15-11/h4-5,8,10,13H,2-3,6-7,9H2,1H3,(H,14,15). The molecule has 1 saturated heterocycles. The maximum Gasteiger partial charge on any atom is 0.144 e. The van der Waals surface area contributed by atoms with Crippen LogP contribution in [0.2, 0.25) is 0 Å². The molecule has 0 amide bonds. The summed E-state index contributed by atoms with van der Waals surface area (Å²) in [7, 11) is 2.17. The van der Waals surface area contributed by atoms with Gasteiger partial charge in [-0.15, -0.1) is 0 Å². The zero-order valence-corrected chi connectivity index (χ0v) is 9.69.